The van der Waals surface area contributed by atoms with Crippen LogP contribution in [0.2, 0.25) is 0 Å². The van der Waals surface area contributed by atoms with Crippen molar-refractivity contribution in [3.05, 3.63) is 100 Å². The Kier molecular flexibility index (Phi) is 5.67. The van der Waals surface area contributed by atoms with E-state index < -0.39 is 36.4 Å². The molecular weight excluding hydrogens is 480 g/mol. The fourth-order valence-corrected chi connectivity index (χ4v) is 6.50. The van der Waals surface area contributed by atoms with E-state index in [4.69, 9.17) is 4.74 Å². The van der Waals surface area contributed by atoms with E-state index in [1.54, 1.807) is 0 Å². The molecule has 0 radical (unpaired) electrons. The summed E-state index contributed by atoms with van der Waals surface area (Å²) >= 11 is 0. The molecule has 1 N–H and O–H groups in total. The number of nitrogens with zero attached hydrogens (tertiary/aromatic N) is 1. The Labute approximate surface area is 220 Å². The number of imide groups is 1. The summed E-state index contributed by atoms with van der Waals surface area (Å²) in [5.41, 5.74) is 6.79. The second-order valence-electron chi connectivity index (χ2n) is 10.5. The lowest BCUT2D eigenvalue weighted by Gasteiger charge is -2.45. The van der Waals surface area contributed by atoms with E-state index in [1.807, 2.05) is 80.6 Å². The van der Waals surface area contributed by atoms with Gasteiger partial charge in [0.25, 0.3) is 5.91 Å². The molecule has 3 aliphatic carbocycles. The summed E-state index contributed by atoms with van der Waals surface area (Å²) in [7, 11) is 0. The van der Waals surface area contributed by atoms with Crippen molar-refractivity contribution < 1.29 is 23.9 Å². The molecule has 3 aromatic rings. The van der Waals surface area contributed by atoms with Gasteiger partial charge in [-0.05, 0) is 60.2 Å². The van der Waals surface area contributed by atoms with Crippen LogP contribution in [0.5, 0.6) is 0 Å². The first kappa shape index (κ1) is 24.1. The Balaban J connectivity index is 1.21. The van der Waals surface area contributed by atoms with Crippen LogP contribution in [0.4, 0.5) is 5.69 Å². The molecule has 4 aliphatic rings. The average Bonchev–Trinajstić information content (AvgIpc) is 3.19. The summed E-state index contributed by atoms with van der Waals surface area (Å²) in [6.45, 7) is 4.76. The summed E-state index contributed by atoms with van der Waals surface area (Å²) in [4.78, 5) is 54.1. The van der Waals surface area contributed by atoms with Crippen LogP contribution in [0.1, 0.15) is 52.1 Å². The molecular formula is C31H28N2O5. The number of esters is 1. The molecule has 38 heavy (non-hydrogen) atoms. The molecule has 192 valence electrons. The van der Waals surface area contributed by atoms with Gasteiger partial charge >= 0.3 is 5.97 Å². The average molecular weight is 509 g/mol. The Hall–Kier alpha value is -4.26. The maximum atomic E-state index is 13.8. The van der Waals surface area contributed by atoms with Crippen LogP contribution in [0, 0.1) is 25.7 Å². The lowest BCUT2D eigenvalue weighted by atomic mass is 9.55. The number of hydrogen-bond donors (Lipinski definition) is 1. The summed E-state index contributed by atoms with van der Waals surface area (Å²) in [6, 6.07) is 20.5. The van der Waals surface area contributed by atoms with Crippen molar-refractivity contribution in [3.8, 4) is 0 Å². The van der Waals surface area contributed by atoms with Crippen LogP contribution in [-0.2, 0) is 23.9 Å². The van der Waals surface area contributed by atoms with Gasteiger partial charge in [-0.2, -0.15) is 0 Å². The van der Waals surface area contributed by atoms with E-state index in [0.29, 0.717) is 5.69 Å². The topological polar surface area (TPSA) is 92.8 Å². The van der Waals surface area contributed by atoms with E-state index in [2.05, 4.69) is 5.32 Å². The fraction of sp³-hybridized carbons (Fsp3) is 0.290. The van der Waals surface area contributed by atoms with Gasteiger partial charge in [-0.3, -0.25) is 19.3 Å². The number of amides is 3. The summed E-state index contributed by atoms with van der Waals surface area (Å²) in [5, 5.41) is 2.75. The normalized spacial score (nSPS) is 23.4. The first-order valence-electron chi connectivity index (χ1n) is 12.9. The third kappa shape index (κ3) is 3.56. The molecule has 7 heteroatoms. The van der Waals surface area contributed by atoms with Crippen molar-refractivity contribution in [2.24, 2.45) is 11.8 Å². The standard InChI is InChI=1S/C31H28N2O5/c1-16-12-13-17(2)23(14-16)32-24(34)15-38-31(37)18(3)33-29(35)27-25-19-8-4-5-9-20(19)26(28(27)30(33)36)22-11-7-6-10-21(22)25/h4-14,18,25-28H,15H2,1-3H3,(H,32,34)/t18-,25?,26?,27-,28-/m0/s1. The van der Waals surface area contributed by atoms with Crippen LogP contribution in [-0.4, -0.2) is 41.2 Å². The second-order valence-corrected chi connectivity index (χ2v) is 10.5. The predicted octanol–water partition coefficient (Wildman–Crippen LogP) is 4.07. The zero-order valence-corrected chi connectivity index (χ0v) is 21.4. The lowest BCUT2D eigenvalue weighted by molar-refractivity contribution is -0.159. The van der Waals surface area contributed by atoms with Gasteiger partial charge in [-0.15, -0.1) is 0 Å². The SMILES string of the molecule is Cc1ccc(C)c(NC(=O)COC(=O)[C@H](C)N2C(=O)[C@H]3C4c5ccccc5C(c5ccccc54)[C@@H]3C2=O)c1. The molecule has 1 fully saturated rings. The van der Waals surface area contributed by atoms with Crippen molar-refractivity contribution in [3.63, 3.8) is 0 Å². The number of nitrogens with one attached hydrogen (secondary N) is 1. The number of aryl methyl sites for hydroxylation is 2. The number of rotatable bonds is 5. The Morgan fingerprint density at radius 1 is 0.842 bits per heavy atom. The molecule has 1 heterocycles. The van der Waals surface area contributed by atoms with Crippen LogP contribution < -0.4 is 5.32 Å². The van der Waals surface area contributed by atoms with Crippen molar-refractivity contribution in [2.45, 2.75) is 38.6 Å². The molecule has 3 amide bonds. The molecule has 7 nitrogen and oxygen atoms in total. The minimum atomic E-state index is -1.14. The third-order valence-electron chi connectivity index (χ3n) is 8.22. The highest BCUT2D eigenvalue weighted by molar-refractivity contribution is 6.10. The molecule has 7 rings (SSSR count). The molecule has 0 aromatic heterocycles. The smallest absolute Gasteiger partial charge is 0.329 e. The number of carbonyl (C=O) groups is 4. The zero-order valence-electron chi connectivity index (χ0n) is 21.4. The van der Waals surface area contributed by atoms with Crippen LogP contribution >= 0.6 is 0 Å². The highest BCUT2D eigenvalue weighted by Gasteiger charge is 2.62. The van der Waals surface area contributed by atoms with Gasteiger partial charge in [0.2, 0.25) is 11.8 Å². The van der Waals surface area contributed by atoms with Gasteiger partial charge in [-0.25, -0.2) is 4.79 Å². The lowest BCUT2D eigenvalue weighted by Crippen LogP contribution is -2.45. The number of hydrogen-bond acceptors (Lipinski definition) is 5. The Bertz CT molecular complexity index is 1400. The van der Waals surface area contributed by atoms with Crippen LogP contribution in [0.15, 0.2) is 66.7 Å². The van der Waals surface area contributed by atoms with E-state index in [1.165, 1.54) is 6.92 Å². The number of anilines is 1. The summed E-state index contributed by atoms with van der Waals surface area (Å²) < 4.78 is 5.27. The first-order chi connectivity index (χ1) is 18.3. The Morgan fingerprint density at radius 3 is 1.84 bits per heavy atom. The van der Waals surface area contributed by atoms with Crippen molar-refractivity contribution in [2.75, 3.05) is 11.9 Å². The van der Waals surface area contributed by atoms with Gasteiger partial charge in [0, 0.05) is 17.5 Å². The van der Waals surface area contributed by atoms with E-state index >= 15 is 0 Å². The fourth-order valence-electron chi connectivity index (χ4n) is 6.50. The predicted molar refractivity (Wildman–Crippen MR) is 140 cm³/mol. The maximum Gasteiger partial charge on any atom is 0.329 e. The highest BCUT2D eigenvalue weighted by atomic mass is 16.5. The van der Waals surface area contributed by atoms with E-state index in [-0.39, 0.29) is 23.7 Å². The maximum absolute atomic E-state index is 13.8. The minimum absolute atomic E-state index is 0.245. The molecule has 1 saturated heterocycles. The van der Waals surface area contributed by atoms with Gasteiger partial charge in [-0.1, -0.05) is 60.7 Å². The quantitative estimate of drug-likeness (QED) is 0.414. The van der Waals surface area contributed by atoms with Gasteiger partial charge < -0.3 is 10.1 Å². The van der Waals surface area contributed by atoms with Crippen molar-refractivity contribution >= 4 is 29.4 Å². The summed E-state index contributed by atoms with van der Waals surface area (Å²) in [6.07, 6.45) is 0. The van der Waals surface area contributed by atoms with E-state index in [0.717, 1.165) is 38.3 Å². The Morgan fingerprint density at radius 2 is 1.34 bits per heavy atom. The number of benzene rings is 3. The van der Waals surface area contributed by atoms with Crippen LogP contribution in [0.3, 0.4) is 0 Å². The van der Waals surface area contributed by atoms with Gasteiger partial charge in [0.15, 0.2) is 6.61 Å². The van der Waals surface area contributed by atoms with Gasteiger partial charge in [0.1, 0.15) is 6.04 Å². The van der Waals surface area contributed by atoms with Gasteiger partial charge in [0.05, 0.1) is 11.8 Å². The number of likely N-dealkylation sites (tertiary alicyclic amines) is 1. The van der Waals surface area contributed by atoms with Crippen molar-refractivity contribution in [1.29, 1.82) is 0 Å². The third-order valence-corrected chi connectivity index (χ3v) is 8.22. The molecule has 0 spiro atoms. The molecule has 2 bridgehead atoms. The monoisotopic (exact) mass is 508 g/mol. The molecule has 3 atom stereocenters. The van der Waals surface area contributed by atoms with Crippen LogP contribution in [0.25, 0.3) is 0 Å². The first-order valence-corrected chi connectivity index (χ1v) is 12.9. The molecule has 3 aromatic carbocycles. The number of ether oxygens (including phenoxy) is 1. The molecule has 1 aliphatic heterocycles. The van der Waals surface area contributed by atoms with E-state index in [9.17, 15) is 19.2 Å². The molecule has 0 saturated carbocycles. The summed E-state index contributed by atoms with van der Waals surface area (Å²) in [5.74, 6) is -3.62. The van der Waals surface area contributed by atoms with Crippen molar-refractivity contribution in [1.82, 2.24) is 4.90 Å². The highest BCUT2D eigenvalue weighted by Crippen LogP contribution is 2.61. The molecule has 0 unspecified atom stereocenters. The zero-order chi connectivity index (χ0) is 26.7. The minimum Gasteiger partial charge on any atom is -0.454 e. The largest absolute Gasteiger partial charge is 0.454 e. The second kappa shape index (κ2) is 8.94. The number of carbonyl (C=O) groups excluding carboxylic acids is 4.